The lowest BCUT2D eigenvalue weighted by Crippen LogP contribution is -2.26. The molecular weight excluding hydrogens is 404 g/mol. The van der Waals surface area contributed by atoms with Crippen molar-refractivity contribution in [1.29, 1.82) is 0 Å². The van der Waals surface area contributed by atoms with Crippen molar-refractivity contribution >= 4 is 29.0 Å². The van der Waals surface area contributed by atoms with Crippen molar-refractivity contribution in [3.8, 4) is 17.1 Å². The predicted octanol–water partition coefficient (Wildman–Crippen LogP) is 3.78. The van der Waals surface area contributed by atoms with Gasteiger partial charge in [0.2, 0.25) is 0 Å². The molecule has 2 N–H and O–H groups in total. The SMILES string of the molecule is COc1cnc(-c2cc(Cl)ccc2F)nc1Nc1ccncc1C(=O)NCCF. The number of amides is 1. The highest BCUT2D eigenvalue weighted by atomic mass is 35.5. The Morgan fingerprint density at radius 2 is 2.10 bits per heavy atom. The fraction of sp³-hybridized carbons (Fsp3) is 0.158. The molecule has 0 aliphatic heterocycles. The van der Waals surface area contributed by atoms with E-state index in [-0.39, 0.29) is 35.1 Å². The Hall–Kier alpha value is -3.33. The molecule has 0 fully saturated rings. The Balaban J connectivity index is 1.99. The number of aromatic nitrogens is 3. The molecule has 29 heavy (non-hydrogen) atoms. The van der Waals surface area contributed by atoms with Crippen molar-refractivity contribution in [2.24, 2.45) is 0 Å². The van der Waals surface area contributed by atoms with Gasteiger partial charge in [-0.05, 0) is 24.3 Å². The van der Waals surface area contributed by atoms with Crippen molar-refractivity contribution in [2.75, 3.05) is 25.6 Å². The van der Waals surface area contributed by atoms with Crippen LogP contribution in [0, 0.1) is 5.82 Å². The highest BCUT2D eigenvalue weighted by Crippen LogP contribution is 2.30. The standard InChI is InChI=1S/C19H16ClF2N5O2/c1-29-16-10-25-17(12-8-11(20)2-3-14(12)22)27-18(16)26-15-4-6-23-9-13(15)19(28)24-7-5-21/h2-4,6,8-10H,5,7H2,1H3,(H,24,28)(H,23,25,26,27). The number of methoxy groups -OCH3 is 1. The van der Waals surface area contributed by atoms with E-state index in [4.69, 9.17) is 16.3 Å². The first-order valence-corrected chi connectivity index (χ1v) is 8.83. The van der Waals surface area contributed by atoms with Gasteiger partial charge in [0.1, 0.15) is 12.5 Å². The van der Waals surface area contributed by atoms with Crippen LogP contribution in [0.25, 0.3) is 11.4 Å². The lowest BCUT2D eigenvalue weighted by molar-refractivity contribution is 0.0951. The topological polar surface area (TPSA) is 89.0 Å². The van der Waals surface area contributed by atoms with E-state index in [2.05, 4.69) is 25.6 Å². The molecule has 150 valence electrons. The van der Waals surface area contributed by atoms with Crippen molar-refractivity contribution < 1.29 is 18.3 Å². The normalized spacial score (nSPS) is 10.5. The number of ether oxygens (including phenoxy) is 1. The summed E-state index contributed by atoms with van der Waals surface area (Å²) in [5, 5.41) is 5.73. The molecule has 0 saturated carbocycles. The first-order chi connectivity index (χ1) is 14.0. The molecule has 1 aromatic carbocycles. The molecule has 1 amide bonds. The second-order valence-electron chi connectivity index (χ2n) is 5.73. The summed E-state index contributed by atoms with van der Waals surface area (Å²) in [5.41, 5.74) is 0.641. The van der Waals surface area contributed by atoms with E-state index < -0.39 is 18.4 Å². The number of carbonyl (C=O) groups excluding carboxylic acids is 1. The van der Waals surface area contributed by atoms with Crippen LogP contribution in [0.2, 0.25) is 5.02 Å². The predicted molar refractivity (Wildman–Crippen MR) is 105 cm³/mol. The van der Waals surface area contributed by atoms with Gasteiger partial charge < -0.3 is 15.4 Å². The van der Waals surface area contributed by atoms with E-state index >= 15 is 0 Å². The van der Waals surface area contributed by atoms with Crippen LogP contribution in [-0.2, 0) is 0 Å². The van der Waals surface area contributed by atoms with Crippen LogP contribution < -0.4 is 15.4 Å². The minimum Gasteiger partial charge on any atom is -0.491 e. The minimum atomic E-state index is -0.691. The molecule has 0 bridgehead atoms. The molecule has 0 radical (unpaired) electrons. The van der Waals surface area contributed by atoms with Crippen molar-refractivity contribution in [3.63, 3.8) is 0 Å². The number of alkyl halides is 1. The summed E-state index contributed by atoms with van der Waals surface area (Å²) in [6.07, 6.45) is 4.18. The summed E-state index contributed by atoms with van der Waals surface area (Å²) in [5.74, 6) is -0.510. The van der Waals surface area contributed by atoms with Gasteiger partial charge in [-0.1, -0.05) is 11.6 Å². The average Bonchev–Trinajstić information content (AvgIpc) is 2.74. The maximum absolute atomic E-state index is 14.2. The van der Waals surface area contributed by atoms with Crippen LogP contribution in [0.4, 0.5) is 20.3 Å². The maximum Gasteiger partial charge on any atom is 0.255 e. The third-order valence-corrected chi connectivity index (χ3v) is 4.08. The Labute approximate surface area is 170 Å². The highest BCUT2D eigenvalue weighted by Gasteiger charge is 2.17. The summed E-state index contributed by atoms with van der Waals surface area (Å²) < 4.78 is 31.8. The lowest BCUT2D eigenvalue weighted by Gasteiger charge is -2.14. The Bertz CT molecular complexity index is 1040. The number of anilines is 2. The van der Waals surface area contributed by atoms with Crippen LogP contribution in [0.3, 0.4) is 0 Å². The molecule has 2 heterocycles. The molecule has 0 atom stereocenters. The zero-order valence-corrected chi connectivity index (χ0v) is 16.0. The summed E-state index contributed by atoms with van der Waals surface area (Å²) in [4.78, 5) is 24.6. The molecular formula is C19H16ClF2N5O2. The number of carbonyl (C=O) groups is 1. The number of nitrogens with zero attached hydrogens (tertiary/aromatic N) is 3. The van der Waals surface area contributed by atoms with Crippen molar-refractivity contribution in [3.05, 3.63) is 59.3 Å². The Morgan fingerprint density at radius 3 is 2.86 bits per heavy atom. The van der Waals surface area contributed by atoms with Crippen LogP contribution in [0.15, 0.2) is 42.9 Å². The molecule has 7 nitrogen and oxygen atoms in total. The van der Waals surface area contributed by atoms with E-state index in [0.717, 1.165) is 0 Å². The van der Waals surface area contributed by atoms with Crippen molar-refractivity contribution in [1.82, 2.24) is 20.3 Å². The molecule has 3 rings (SSSR count). The second-order valence-corrected chi connectivity index (χ2v) is 6.16. The van der Waals surface area contributed by atoms with E-state index in [1.807, 2.05) is 0 Å². The quantitative estimate of drug-likeness (QED) is 0.605. The number of hydrogen-bond donors (Lipinski definition) is 2. The molecule has 2 aromatic heterocycles. The van der Waals surface area contributed by atoms with Crippen LogP contribution in [-0.4, -0.2) is 41.2 Å². The molecule has 0 saturated heterocycles. The van der Waals surface area contributed by atoms with Gasteiger partial charge in [0.25, 0.3) is 5.91 Å². The van der Waals surface area contributed by atoms with Gasteiger partial charge in [0.15, 0.2) is 17.4 Å². The number of halogens is 3. The summed E-state index contributed by atoms with van der Waals surface area (Å²) in [6.45, 7) is -0.814. The average molecular weight is 420 g/mol. The highest BCUT2D eigenvalue weighted by molar-refractivity contribution is 6.30. The molecule has 0 spiro atoms. The van der Waals surface area contributed by atoms with Crippen LogP contribution in [0.1, 0.15) is 10.4 Å². The number of hydrogen-bond acceptors (Lipinski definition) is 6. The zero-order chi connectivity index (χ0) is 20.8. The lowest BCUT2D eigenvalue weighted by atomic mass is 10.2. The third kappa shape index (κ3) is 4.75. The molecule has 0 unspecified atom stereocenters. The van der Waals surface area contributed by atoms with Gasteiger partial charge in [-0.2, -0.15) is 0 Å². The van der Waals surface area contributed by atoms with Gasteiger partial charge in [-0.15, -0.1) is 0 Å². The van der Waals surface area contributed by atoms with E-state index in [1.165, 1.54) is 43.9 Å². The van der Waals surface area contributed by atoms with E-state index in [9.17, 15) is 13.6 Å². The first kappa shape index (κ1) is 20.4. The smallest absolute Gasteiger partial charge is 0.255 e. The minimum absolute atomic E-state index is 0.0748. The number of pyridine rings is 1. The van der Waals surface area contributed by atoms with Crippen molar-refractivity contribution in [2.45, 2.75) is 0 Å². The fourth-order valence-corrected chi connectivity index (χ4v) is 2.65. The Morgan fingerprint density at radius 1 is 1.28 bits per heavy atom. The zero-order valence-electron chi connectivity index (χ0n) is 15.2. The van der Waals surface area contributed by atoms with Crippen LogP contribution in [0.5, 0.6) is 5.75 Å². The van der Waals surface area contributed by atoms with Gasteiger partial charge in [-0.3, -0.25) is 9.78 Å². The Kier molecular flexibility index (Phi) is 6.50. The largest absolute Gasteiger partial charge is 0.491 e. The van der Waals surface area contributed by atoms with Gasteiger partial charge in [0, 0.05) is 24.0 Å². The molecule has 3 aromatic rings. The molecule has 10 heteroatoms. The van der Waals surface area contributed by atoms with Crippen LogP contribution >= 0.6 is 11.6 Å². The van der Waals surface area contributed by atoms with E-state index in [1.54, 1.807) is 6.07 Å². The number of benzene rings is 1. The fourth-order valence-electron chi connectivity index (χ4n) is 2.48. The maximum atomic E-state index is 14.2. The third-order valence-electron chi connectivity index (χ3n) is 3.84. The molecule has 0 aliphatic rings. The second kappa shape index (κ2) is 9.24. The van der Waals surface area contributed by atoms with E-state index in [0.29, 0.717) is 10.7 Å². The number of nitrogens with one attached hydrogen (secondary N) is 2. The first-order valence-electron chi connectivity index (χ1n) is 8.45. The number of rotatable bonds is 7. The summed E-state index contributed by atoms with van der Waals surface area (Å²) >= 11 is 5.95. The van der Waals surface area contributed by atoms with Gasteiger partial charge in [0.05, 0.1) is 30.1 Å². The summed E-state index contributed by atoms with van der Waals surface area (Å²) in [6, 6.07) is 5.59. The van der Waals surface area contributed by atoms with Gasteiger partial charge >= 0.3 is 0 Å². The van der Waals surface area contributed by atoms with Gasteiger partial charge in [-0.25, -0.2) is 18.7 Å². The molecule has 0 aliphatic carbocycles. The summed E-state index contributed by atoms with van der Waals surface area (Å²) in [7, 11) is 1.42. The monoisotopic (exact) mass is 419 g/mol.